The Hall–Kier alpha value is -2.37. The van der Waals surface area contributed by atoms with Crippen LogP contribution in [-0.2, 0) is 9.53 Å². The Morgan fingerprint density at radius 3 is 3.00 bits per heavy atom. The number of hydrogen-bond acceptors (Lipinski definition) is 5. The number of nitrogens with two attached hydrogens (primary N) is 1. The number of ether oxygens (including phenoxy) is 1. The highest BCUT2D eigenvalue weighted by molar-refractivity contribution is 5.75. The quantitative estimate of drug-likeness (QED) is 0.824. The third kappa shape index (κ3) is 2.17. The summed E-state index contributed by atoms with van der Waals surface area (Å²) >= 11 is 0. The van der Waals surface area contributed by atoms with Crippen molar-refractivity contribution in [3.63, 3.8) is 0 Å². The molecule has 0 saturated heterocycles. The largest absolute Gasteiger partial charge is 0.467 e. The maximum Gasteiger partial charge on any atom is 0.328 e. The minimum Gasteiger partial charge on any atom is -0.467 e. The van der Waals surface area contributed by atoms with Gasteiger partial charge in [-0.1, -0.05) is 0 Å². The molecule has 0 aliphatic heterocycles. The van der Waals surface area contributed by atoms with Crippen molar-refractivity contribution in [3.8, 4) is 11.3 Å². The van der Waals surface area contributed by atoms with Crippen molar-refractivity contribution >= 4 is 11.8 Å². The van der Waals surface area contributed by atoms with Crippen molar-refractivity contribution in [2.24, 2.45) is 0 Å². The van der Waals surface area contributed by atoms with Gasteiger partial charge in [0.25, 0.3) is 0 Å². The van der Waals surface area contributed by atoms with Crippen molar-refractivity contribution < 1.29 is 9.53 Å². The highest BCUT2D eigenvalue weighted by Gasteiger charge is 2.18. The fraction of sp³-hybridized carbons (Fsp3) is 0.250. The first kappa shape index (κ1) is 12.1. The zero-order valence-corrected chi connectivity index (χ0v) is 10.2. The van der Waals surface area contributed by atoms with E-state index in [1.54, 1.807) is 36.3 Å². The Bertz CT molecular complexity index is 565. The number of nitrogens with zero attached hydrogens (tertiary/aromatic N) is 3. The molecule has 0 spiro atoms. The fourth-order valence-electron chi connectivity index (χ4n) is 1.73. The lowest BCUT2D eigenvalue weighted by Crippen LogP contribution is -2.17. The highest BCUT2D eigenvalue weighted by Crippen LogP contribution is 2.23. The summed E-state index contributed by atoms with van der Waals surface area (Å²) in [6.07, 6.45) is 4.88. The fourth-order valence-corrected chi connectivity index (χ4v) is 1.73. The molecule has 2 N–H and O–H groups in total. The molecule has 0 amide bonds. The standard InChI is InChI=1S/C12H14N4O2/c1-8(12(17)18-2)16-7-14-6-10(16)9-3-4-15-11(13)5-9/h3-8H,1-2H3,(H2,13,15). The van der Waals surface area contributed by atoms with Gasteiger partial charge in [-0.15, -0.1) is 0 Å². The van der Waals surface area contributed by atoms with E-state index in [0.29, 0.717) is 5.82 Å². The third-order valence-electron chi connectivity index (χ3n) is 2.70. The number of carbonyl (C=O) groups is 1. The van der Waals surface area contributed by atoms with Gasteiger partial charge in [0.2, 0.25) is 0 Å². The van der Waals surface area contributed by atoms with Crippen LogP contribution in [0.3, 0.4) is 0 Å². The zero-order valence-electron chi connectivity index (χ0n) is 10.2. The summed E-state index contributed by atoms with van der Waals surface area (Å²) in [5.41, 5.74) is 7.30. The smallest absolute Gasteiger partial charge is 0.328 e. The number of nitrogen functional groups attached to an aromatic ring is 1. The molecule has 2 aromatic heterocycles. The summed E-state index contributed by atoms with van der Waals surface area (Å²) in [6.45, 7) is 1.75. The van der Waals surface area contributed by atoms with E-state index < -0.39 is 6.04 Å². The van der Waals surface area contributed by atoms with Gasteiger partial charge in [-0.2, -0.15) is 0 Å². The summed E-state index contributed by atoms with van der Waals surface area (Å²) in [7, 11) is 1.36. The van der Waals surface area contributed by atoms with Crippen LogP contribution in [0.1, 0.15) is 13.0 Å². The van der Waals surface area contributed by atoms with Crippen molar-refractivity contribution in [1.29, 1.82) is 0 Å². The molecule has 0 aliphatic rings. The van der Waals surface area contributed by atoms with Crippen LogP contribution in [-0.4, -0.2) is 27.6 Å². The molecule has 0 saturated carbocycles. The lowest BCUT2D eigenvalue weighted by molar-refractivity contribution is -0.143. The Kier molecular flexibility index (Phi) is 3.27. The average Bonchev–Trinajstić information content (AvgIpc) is 2.86. The van der Waals surface area contributed by atoms with Gasteiger partial charge >= 0.3 is 5.97 Å². The Labute approximate surface area is 104 Å². The first-order valence-electron chi connectivity index (χ1n) is 5.45. The van der Waals surface area contributed by atoms with Crippen molar-refractivity contribution in [2.45, 2.75) is 13.0 Å². The van der Waals surface area contributed by atoms with Gasteiger partial charge in [-0.05, 0) is 19.1 Å². The highest BCUT2D eigenvalue weighted by atomic mass is 16.5. The van der Waals surface area contributed by atoms with Crippen LogP contribution < -0.4 is 5.73 Å². The topological polar surface area (TPSA) is 83.0 Å². The molecule has 0 aliphatic carbocycles. The molecule has 0 fully saturated rings. The second kappa shape index (κ2) is 4.87. The van der Waals surface area contributed by atoms with E-state index in [2.05, 4.69) is 9.97 Å². The molecule has 0 radical (unpaired) electrons. The number of esters is 1. The molecule has 18 heavy (non-hydrogen) atoms. The molecule has 0 aromatic carbocycles. The lowest BCUT2D eigenvalue weighted by Gasteiger charge is -2.14. The minimum atomic E-state index is -0.443. The number of aromatic nitrogens is 3. The van der Waals surface area contributed by atoms with Crippen LogP contribution in [0.4, 0.5) is 5.82 Å². The van der Waals surface area contributed by atoms with Crippen molar-refractivity contribution in [1.82, 2.24) is 14.5 Å². The van der Waals surface area contributed by atoms with Crippen LogP contribution in [0.15, 0.2) is 30.9 Å². The second-order valence-electron chi connectivity index (χ2n) is 3.85. The normalized spacial score (nSPS) is 12.1. The average molecular weight is 246 g/mol. The minimum absolute atomic E-state index is 0.323. The van der Waals surface area contributed by atoms with Crippen LogP contribution in [0.25, 0.3) is 11.3 Å². The number of methoxy groups -OCH3 is 1. The van der Waals surface area contributed by atoms with E-state index in [1.165, 1.54) is 7.11 Å². The Morgan fingerprint density at radius 1 is 1.56 bits per heavy atom. The second-order valence-corrected chi connectivity index (χ2v) is 3.85. The number of carbonyl (C=O) groups excluding carboxylic acids is 1. The van der Waals surface area contributed by atoms with Gasteiger partial charge in [0, 0.05) is 11.8 Å². The van der Waals surface area contributed by atoms with Crippen molar-refractivity contribution in [2.75, 3.05) is 12.8 Å². The van der Waals surface area contributed by atoms with E-state index in [4.69, 9.17) is 10.5 Å². The lowest BCUT2D eigenvalue weighted by atomic mass is 10.2. The molecular weight excluding hydrogens is 232 g/mol. The zero-order chi connectivity index (χ0) is 13.1. The first-order valence-corrected chi connectivity index (χ1v) is 5.45. The number of pyridine rings is 1. The molecule has 2 heterocycles. The molecule has 0 bridgehead atoms. The van der Waals surface area contributed by atoms with E-state index in [1.807, 2.05) is 6.07 Å². The predicted molar refractivity (Wildman–Crippen MR) is 66.6 cm³/mol. The van der Waals surface area contributed by atoms with Crippen molar-refractivity contribution in [3.05, 3.63) is 30.9 Å². The monoisotopic (exact) mass is 246 g/mol. The molecule has 2 rings (SSSR count). The molecule has 1 atom stereocenters. The maximum atomic E-state index is 11.6. The van der Waals surface area contributed by atoms with Gasteiger partial charge in [-0.3, -0.25) is 0 Å². The SMILES string of the molecule is COC(=O)C(C)n1cncc1-c1ccnc(N)c1. The predicted octanol–water partition coefficient (Wildman–Crippen LogP) is 1.26. The molecule has 6 nitrogen and oxygen atoms in total. The van der Waals surface area contributed by atoms with E-state index >= 15 is 0 Å². The van der Waals surface area contributed by atoms with E-state index in [9.17, 15) is 4.79 Å². The Balaban J connectivity index is 2.42. The molecule has 94 valence electrons. The number of rotatable bonds is 3. The van der Waals surface area contributed by atoms with Gasteiger partial charge in [0.1, 0.15) is 11.9 Å². The molecule has 2 aromatic rings. The third-order valence-corrected chi connectivity index (χ3v) is 2.70. The van der Waals surface area contributed by atoms with Crippen LogP contribution in [0.2, 0.25) is 0 Å². The van der Waals surface area contributed by atoms with Gasteiger partial charge in [-0.25, -0.2) is 14.8 Å². The van der Waals surface area contributed by atoms with Gasteiger partial charge < -0.3 is 15.0 Å². The maximum absolute atomic E-state index is 11.6. The first-order chi connectivity index (χ1) is 8.63. The van der Waals surface area contributed by atoms with Crippen LogP contribution >= 0.6 is 0 Å². The van der Waals surface area contributed by atoms with E-state index in [0.717, 1.165) is 11.3 Å². The van der Waals surface area contributed by atoms with Gasteiger partial charge in [0.15, 0.2) is 0 Å². The number of hydrogen-bond donors (Lipinski definition) is 1. The summed E-state index contributed by atoms with van der Waals surface area (Å²) in [5, 5.41) is 0. The number of imidazole rings is 1. The summed E-state index contributed by atoms with van der Waals surface area (Å²) in [5.74, 6) is 0.0993. The molecular formula is C12H14N4O2. The Morgan fingerprint density at radius 2 is 2.33 bits per heavy atom. The van der Waals surface area contributed by atoms with Crippen LogP contribution in [0.5, 0.6) is 0 Å². The number of anilines is 1. The van der Waals surface area contributed by atoms with Gasteiger partial charge in [0.05, 0.1) is 25.3 Å². The summed E-state index contributed by atoms with van der Waals surface area (Å²) in [6, 6.07) is 3.10. The summed E-state index contributed by atoms with van der Waals surface area (Å²) < 4.78 is 6.46. The van der Waals surface area contributed by atoms with E-state index in [-0.39, 0.29) is 5.97 Å². The summed E-state index contributed by atoms with van der Waals surface area (Å²) in [4.78, 5) is 19.5. The molecule has 6 heteroatoms. The molecule has 1 unspecified atom stereocenters. The van der Waals surface area contributed by atoms with Crippen LogP contribution in [0, 0.1) is 0 Å².